The second-order valence-corrected chi connectivity index (χ2v) is 5.89. The molecule has 4 heteroatoms. The molecular formula is C14H29N3O. The van der Waals surface area contributed by atoms with E-state index in [9.17, 15) is 0 Å². The molecule has 2 heterocycles. The molecule has 0 aromatic rings. The molecule has 0 aliphatic carbocycles. The maximum Gasteiger partial charge on any atom is 0.0531 e. The summed E-state index contributed by atoms with van der Waals surface area (Å²) in [4.78, 5) is 5.19. The third-order valence-corrected chi connectivity index (χ3v) is 4.59. The van der Waals surface area contributed by atoms with Crippen molar-refractivity contribution in [1.29, 1.82) is 0 Å². The first-order valence-corrected chi connectivity index (χ1v) is 7.42. The lowest BCUT2D eigenvalue weighted by molar-refractivity contribution is 0.00910. The van der Waals surface area contributed by atoms with Crippen LogP contribution in [0, 0.1) is 5.41 Å². The molecule has 0 saturated carbocycles. The standard InChI is InChI=1S/C14H29N3O/c1-3-16-8-10-17(11-9-16)12-14(13-18-2)4-6-15-7-5-14/h15H,3-13H2,1-2H3. The minimum absolute atomic E-state index is 0.397. The minimum atomic E-state index is 0.397. The second-order valence-electron chi connectivity index (χ2n) is 5.89. The van der Waals surface area contributed by atoms with E-state index in [1.54, 1.807) is 0 Å². The second kappa shape index (κ2) is 6.85. The van der Waals surface area contributed by atoms with Crippen LogP contribution in [-0.2, 0) is 4.74 Å². The Morgan fingerprint density at radius 1 is 1.06 bits per heavy atom. The maximum absolute atomic E-state index is 5.50. The third-order valence-electron chi connectivity index (χ3n) is 4.59. The van der Waals surface area contributed by atoms with E-state index in [1.807, 2.05) is 7.11 Å². The number of likely N-dealkylation sites (N-methyl/N-ethyl adjacent to an activating group) is 1. The monoisotopic (exact) mass is 255 g/mol. The molecule has 0 spiro atoms. The van der Waals surface area contributed by atoms with Crippen LogP contribution in [0.5, 0.6) is 0 Å². The molecule has 2 aliphatic heterocycles. The molecule has 0 radical (unpaired) electrons. The van der Waals surface area contributed by atoms with E-state index in [2.05, 4.69) is 22.0 Å². The van der Waals surface area contributed by atoms with Crippen molar-refractivity contribution in [3.05, 3.63) is 0 Å². The van der Waals surface area contributed by atoms with Gasteiger partial charge in [0.1, 0.15) is 0 Å². The van der Waals surface area contributed by atoms with E-state index < -0.39 is 0 Å². The molecule has 0 aromatic heterocycles. The van der Waals surface area contributed by atoms with Gasteiger partial charge in [-0.25, -0.2) is 0 Å². The minimum Gasteiger partial charge on any atom is -0.384 e. The quantitative estimate of drug-likeness (QED) is 0.780. The van der Waals surface area contributed by atoms with Crippen LogP contribution in [0.25, 0.3) is 0 Å². The fraction of sp³-hybridized carbons (Fsp3) is 1.00. The number of methoxy groups -OCH3 is 1. The number of rotatable bonds is 5. The van der Waals surface area contributed by atoms with Crippen molar-refractivity contribution in [2.24, 2.45) is 5.41 Å². The number of hydrogen-bond acceptors (Lipinski definition) is 4. The molecule has 0 bridgehead atoms. The molecule has 106 valence electrons. The van der Waals surface area contributed by atoms with Gasteiger partial charge in [-0.3, -0.25) is 0 Å². The highest BCUT2D eigenvalue weighted by Crippen LogP contribution is 2.30. The lowest BCUT2D eigenvalue weighted by atomic mass is 9.79. The summed E-state index contributed by atoms with van der Waals surface area (Å²) >= 11 is 0. The van der Waals surface area contributed by atoms with Crippen molar-refractivity contribution >= 4 is 0 Å². The van der Waals surface area contributed by atoms with E-state index in [0.717, 1.165) is 19.7 Å². The summed E-state index contributed by atoms with van der Waals surface area (Å²) in [6.07, 6.45) is 2.52. The van der Waals surface area contributed by atoms with Crippen molar-refractivity contribution in [1.82, 2.24) is 15.1 Å². The number of nitrogens with one attached hydrogen (secondary N) is 1. The van der Waals surface area contributed by atoms with Crippen LogP contribution >= 0.6 is 0 Å². The zero-order chi connectivity index (χ0) is 12.8. The van der Waals surface area contributed by atoms with Crippen LogP contribution in [0.4, 0.5) is 0 Å². The summed E-state index contributed by atoms with van der Waals surface area (Å²) in [6, 6.07) is 0. The first kappa shape index (κ1) is 14.3. The molecule has 2 rings (SSSR count). The highest BCUT2D eigenvalue weighted by Gasteiger charge is 2.34. The molecule has 2 aliphatic rings. The van der Waals surface area contributed by atoms with Crippen LogP contribution in [0.3, 0.4) is 0 Å². The maximum atomic E-state index is 5.50. The molecular weight excluding hydrogens is 226 g/mol. The SMILES string of the molecule is CCN1CCN(CC2(COC)CCNCC2)CC1. The summed E-state index contributed by atoms with van der Waals surface area (Å²) in [5.41, 5.74) is 0.397. The summed E-state index contributed by atoms with van der Waals surface area (Å²) in [5.74, 6) is 0. The highest BCUT2D eigenvalue weighted by molar-refractivity contribution is 4.88. The average molecular weight is 255 g/mol. The van der Waals surface area contributed by atoms with Crippen molar-refractivity contribution in [3.8, 4) is 0 Å². The Bertz CT molecular complexity index is 228. The number of hydrogen-bond donors (Lipinski definition) is 1. The van der Waals surface area contributed by atoms with Crippen LogP contribution in [0.15, 0.2) is 0 Å². The lowest BCUT2D eigenvalue weighted by Crippen LogP contribution is -2.52. The van der Waals surface area contributed by atoms with Gasteiger partial charge in [-0.15, -0.1) is 0 Å². The first-order chi connectivity index (χ1) is 8.78. The van der Waals surface area contributed by atoms with Gasteiger partial charge in [-0.1, -0.05) is 6.92 Å². The van der Waals surface area contributed by atoms with Gasteiger partial charge in [-0.2, -0.15) is 0 Å². The Morgan fingerprint density at radius 3 is 2.22 bits per heavy atom. The van der Waals surface area contributed by atoms with E-state index in [4.69, 9.17) is 4.74 Å². The van der Waals surface area contributed by atoms with Crippen molar-refractivity contribution in [2.75, 3.05) is 66.1 Å². The van der Waals surface area contributed by atoms with E-state index in [1.165, 1.54) is 52.1 Å². The number of nitrogens with zero attached hydrogens (tertiary/aromatic N) is 2. The van der Waals surface area contributed by atoms with Gasteiger partial charge in [0.15, 0.2) is 0 Å². The average Bonchev–Trinajstić information content (AvgIpc) is 2.41. The van der Waals surface area contributed by atoms with E-state index in [-0.39, 0.29) is 0 Å². The number of piperidine rings is 1. The van der Waals surface area contributed by atoms with Gasteiger partial charge in [0.25, 0.3) is 0 Å². The van der Waals surface area contributed by atoms with Crippen LogP contribution in [0.2, 0.25) is 0 Å². The largest absolute Gasteiger partial charge is 0.384 e. The molecule has 18 heavy (non-hydrogen) atoms. The van der Waals surface area contributed by atoms with Gasteiger partial charge >= 0.3 is 0 Å². The Morgan fingerprint density at radius 2 is 1.67 bits per heavy atom. The van der Waals surface area contributed by atoms with Crippen molar-refractivity contribution in [2.45, 2.75) is 19.8 Å². The molecule has 4 nitrogen and oxygen atoms in total. The van der Waals surface area contributed by atoms with Crippen LogP contribution in [-0.4, -0.2) is 75.9 Å². The number of ether oxygens (including phenoxy) is 1. The summed E-state index contributed by atoms with van der Waals surface area (Å²) < 4.78 is 5.50. The predicted molar refractivity (Wildman–Crippen MR) is 75.0 cm³/mol. The summed E-state index contributed by atoms with van der Waals surface area (Å²) in [6.45, 7) is 12.8. The van der Waals surface area contributed by atoms with Crippen molar-refractivity contribution in [3.63, 3.8) is 0 Å². The number of piperazine rings is 1. The highest BCUT2D eigenvalue weighted by atomic mass is 16.5. The first-order valence-electron chi connectivity index (χ1n) is 7.42. The smallest absolute Gasteiger partial charge is 0.0531 e. The lowest BCUT2D eigenvalue weighted by Gasteiger charge is -2.43. The third kappa shape index (κ3) is 3.67. The Labute approximate surface area is 112 Å². The summed E-state index contributed by atoms with van der Waals surface area (Å²) in [7, 11) is 1.85. The van der Waals surface area contributed by atoms with Gasteiger partial charge in [-0.05, 0) is 32.5 Å². The van der Waals surface area contributed by atoms with Gasteiger partial charge in [0.2, 0.25) is 0 Å². The predicted octanol–water partition coefficient (Wildman–Crippen LogP) is 0.640. The molecule has 0 amide bonds. The van der Waals surface area contributed by atoms with E-state index >= 15 is 0 Å². The molecule has 1 N–H and O–H groups in total. The van der Waals surface area contributed by atoms with E-state index in [0.29, 0.717) is 5.41 Å². The van der Waals surface area contributed by atoms with Crippen molar-refractivity contribution < 1.29 is 4.74 Å². The Balaban J connectivity index is 1.85. The fourth-order valence-corrected chi connectivity index (χ4v) is 3.35. The molecule has 2 fully saturated rings. The van der Waals surface area contributed by atoms with Gasteiger partial charge in [0, 0.05) is 45.2 Å². The van der Waals surface area contributed by atoms with Gasteiger partial charge in [0.05, 0.1) is 6.61 Å². The summed E-state index contributed by atoms with van der Waals surface area (Å²) in [5, 5.41) is 3.47. The normalized spacial score (nSPS) is 26.3. The zero-order valence-electron chi connectivity index (χ0n) is 12.1. The Kier molecular flexibility index (Phi) is 5.42. The van der Waals surface area contributed by atoms with Crippen LogP contribution in [0.1, 0.15) is 19.8 Å². The van der Waals surface area contributed by atoms with Gasteiger partial charge < -0.3 is 19.9 Å². The molecule has 2 saturated heterocycles. The molecule has 0 aromatic carbocycles. The molecule has 0 atom stereocenters. The zero-order valence-corrected chi connectivity index (χ0v) is 12.1. The van der Waals surface area contributed by atoms with Crippen LogP contribution < -0.4 is 5.32 Å². The molecule has 0 unspecified atom stereocenters. The topological polar surface area (TPSA) is 27.7 Å². The fourth-order valence-electron chi connectivity index (χ4n) is 3.35. The Hall–Kier alpha value is -0.160.